The van der Waals surface area contributed by atoms with E-state index in [1.807, 2.05) is 6.92 Å². The van der Waals surface area contributed by atoms with Crippen LogP contribution in [0.3, 0.4) is 0 Å². The van der Waals surface area contributed by atoms with E-state index in [2.05, 4.69) is 20.2 Å². The average Bonchev–Trinajstić information content (AvgIpc) is 3.34. The lowest BCUT2D eigenvalue weighted by Gasteiger charge is -2.06. The van der Waals surface area contributed by atoms with E-state index in [0.717, 1.165) is 16.6 Å². The Labute approximate surface area is 171 Å². The average molecular weight is 438 g/mol. The highest BCUT2D eigenvalue weighted by Gasteiger charge is 2.36. The van der Waals surface area contributed by atoms with Crippen LogP contribution in [0.4, 0.5) is 13.2 Å². The Balaban J connectivity index is 1.70. The number of rotatable bonds is 5. The van der Waals surface area contributed by atoms with Crippen molar-refractivity contribution in [3.63, 3.8) is 0 Å². The van der Waals surface area contributed by atoms with Crippen LogP contribution in [-0.2, 0) is 12.6 Å². The molecule has 0 aliphatic carbocycles. The smallest absolute Gasteiger partial charge is 0.451 e. The molecule has 1 aromatic carbocycles. The first-order valence-corrected chi connectivity index (χ1v) is 10.0. The molecule has 0 atom stereocenters. The number of ether oxygens (including phenoxy) is 1. The van der Waals surface area contributed by atoms with Crippen molar-refractivity contribution in [2.24, 2.45) is 0 Å². The van der Waals surface area contributed by atoms with Gasteiger partial charge in [0.15, 0.2) is 0 Å². The number of halogens is 3. The van der Waals surface area contributed by atoms with E-state index < -0.39 is 12.0 Å². The van der Waals surface area contributed by atoms with E-state index in [1.54, 1.807) is 37.4 Å². The van der Waals surface area contributed by atoms with Crippen LogP contribution in [0.25, 0.3) is 21.7 Å². The van der Waals surface area contributed by atoms with Gasteiger partial charge in [-0.3, -0.25) is 0 Å². The first-order chi connectivity index (χ1) is 13.9. The summed E-state index contributed by atoms with van der Waals surface area (Å²) in [4.78, 5) is 8.58. The van der Waals surface area contributed by atoms with E-state index in [9.17, 15) is 13.2 Å². The van der Waals surface area contributed by atoms with E-state index in [1.165, 1.54) is 11.3 Å². The van der Waals surface area contributed by atoms with Gasteiger partial charge in [-0.1, -0.05) is 6.92 Å². The Bertz CT molecular complexity index is 1160. The lowest BCUT2D eigenvalue weighted by molar-refractivity contribution is -0.145. The largest absolute Gasteiger partial charge is 0.497 e. The summed E-state index contributed by atoms with van der Waals surface area (Å²) in [7, 11) is 1.56. The minimum atomic E-state index is -4.65. The van der Waals surface area contributed by atoms with Gasteiger partial charge in [-0.05, 0) is 48.5 Å². The molecule has 4 aromatic rings. The second kappa shape index (κ2) is 7.64. The Morgan fingerprint density at radius 1 is 1.14 bits per heavy atom. The summed E-state index contributed by atoms with van der Waals surface area (Å²) in [5, 5.41) is 8.66. The van der Waals surface area contributed by atoms with Gasteiger partial charge in [0.25, 0.3) is 5.22 Å². The number of aromatic nitrogens is 4. The number of fused-ring (bicyclic) bond motifs is 1. The third kappa shape index (κ3) is 4.06. The molecule has 0 amide bonds. The molecule has 29 heavy (non-hydrogen) atoms. The summed E-state index contributed by atoms with van der Waals surface area (Å²) in [6, 6.07) is 8.78. The Morgan fingerprint density at radius 2 is 1.90 bits per heavy atom. The molecule has 6 nitrogen and oxygen atoms in total. The SMILES string of the molecule is CCc1cc2c(Sc3nnc(-c4ccc(OC)cc4)o3)nc(C(F)(F)F)nc2s1. The molecule has 0 aliphatic rings. The lowest BCUT2D eigenvalue weighted by atomic mass is 10.2. The number of thiophene rings is 1. The molecule has 0 aliphatic heterocycles. The first kappa shape index (κ1) is 19.6. The summed E-state index contributed by atoms with van der Waals surface area (Å²) in [5.41, 5.74) is 0.665. The summed E-state index contributed by atoms with van der Waals surface area (Å²) < 4.78 is 50.4. The molecule has 0 saturated carbocycles. The summed E-state index contributed by atoms with van der Waals surface area (Å²) in [5.74, 6) is -0.266. The van der Waals surface area contributed by atoms with Crippen molar-refractivity contribution in [3.05, 3.63) is 41.0 Å². The third-order valence-electron chi connectivity index (χ3n) is 3.94. The standard InChI is InChI=1S/C18H13F3N4O2S2/c1-3-11-8-12-14(28-11)22-16(18(19,20)21)23-15(12)29-17-25-24-13(27-17)9-4-6-10(26-2)7-5-9/h4-8H,3H2,1-2H3. The van der Waals surface area contributed by atoms with Crippen LogP contribution in [0.1, 0.15) is 17.6 Å². The van der Waals surface area contributed by atoms with Crippen LogP contribution in [0.5, 0.6) is 5.75 Å². The summed E-state index contributed by atoms with van der Waals surface area (Å²) in [6.45, 7) is 1.93. The van der Waals surface area contributed by atoms with Crippen molar-refractivity contribution >= 4 is 33.3 Å². The van der Waals surface area contributed by atoms with Gasteiger partial charge < -0.3 is 9.15 Å². The number of hydrogen-bond acceptors (Lipinski definition) is 8. The Hall–Kier alpha value is -2.66. The minimum absolute atomic E-state index is 0.0909. The van der Waals surface area contributed by atoms with Gasteiger partial charge in [-0.2, -0.15) is 13.2 Å². The van der Waals surface area contributed by atoms with Gasteiger partial charge in [-0.25, -0.2) is 9.97 Å². The maximum atomic E-state index is 13.2. The molecular weight excluding hydrogens is 425 g/mol. The number of aryl methyl sites for hydroxylation is 1. The monoisotopic (exact) mass is 438 g/mol. The molecule has 0 fully saturated rings. The number of nitrogens with zero attached hydrogens (tertiary/aromatic N) is 4. The van der Waals surface area contributed by atoms with Gasteiger partial charge >= 0.3 is 6.18 Å². The summed E-state index contributed by atoms with van der Waals surface area (Å²) in [6.07, 6.45) is -3.96. The molecule has 0 spiro atoms. The van der Waals surface area contributed by atoms with E-state index >= 15 is 0 Å². The molecule has 0 bridgehead atoms. The van der Waals surface area contributed by atoms with Crippen LogP contribution in [-0.4, -0.2) is 27.3 Å². The van der Waals surface area contributed by atoms with Crippen molar-refractivity contribution in [2.75, 3.05) is 7.11 Å². The fourth-order valence-corrected chi connectivity index (χ4v) is 4.31. The molecule has 150 valence electrons. The normalized spacial score (nSPS) is 11.9. The van der Waals surface area contributed by atoms with Gasteiger partial charge in [-0.15, -0.1) is 21.5 Å². The molecule has 0 unspecified atom stereocenters. The van der Waals surface area contributed by atoms with Crippen LogP contribution >= 0.6 is 23.1 Å². The summed E-state index contributed by atoms with van der Waals surface area (Å²) >= 11 is 2.10. The predicted octanol–water partition coefficient (Wildman–Crippen LogP) is 5.48. The van der Waals surface area contributed by atoms with Crippen LogP contribution in [0, 0.1) is 0 Å². The van der Waals surface area contributed by atoms with Crippen molar-refractivity contribution in [1.29, 1.82) is 0 Å². The van der Waals surface area contributed by atoms with Gasteiger partial charge in [0, 0.05) is 15.8 Å². The fourth-order valence-electron chi connectivity index (χ4n) is 2.51. The quantitative estimate of drug-likeness (QED) is 0.382. The molecular formula is C18H13F3N4O2S2. The van der Waals surface area contributed by atoms with Gasteiger partial charge in [0.05, 0.1) is 7.11 Å². The zero-order valence-electron chi connectivity index (χ0n) is 15.1. The van der Waals surface area contributed by atoms with Crippen molar-refractivity contribution in [3.8, 4) is 17.2 Å². The third-order valence-corrected chi connectivity index (χ3v) is 5.96. The highest BCUT2D eigenvalue weighted by molar-refractivity contribution is 7.99. The van der Waals surface area contributed by atoms with Crippen LogP contribution < -0.4 is 4.74 Å². The molecule has 3 aromatic heterocycles. The van der Waals surface area contributed by atoms with E-state index in [-0.39, 0.29) is 21.0 Å². The van der Waals surface area contributed by atoms with E-state index in [4.69, 9.17) is 9.15 Å². The first-order valence-electron chi connectivity index (χ1n) is 8.41. The number of benzene rings is 1. The molecule has 4 rings (SSSR count). The predicted molar refractivity (Wildman–Crippen MR) is 102 cm³/mol. The van der Waals surface area contributed by atoms with Crippen molar-refractivity contribution < 1.29 is 22.3 Å². The maximum Gasteiger partial charge on any atom is 0.451 e. The van der Waals surface area contributed by atoms with E-state index in [0.29, 0.717) is 23.1 Å². The zero-order chi connectivity index (χ0) is 20.6. The second-order valence-corrected chi connectivity index (χ2v) is 7.89. The molecule has 3 heterocycles. The number of hydrogen-bond donors (Lipinski definition) is 0. The molecule has 0 N–H and O–H groups in total. The number of methoxy groups -OCH3 is 1. The Kier molecular flexibility index (Phi) is 5.17. The minimum Gasteiger partial charge on any atom is -0.497 e. The van der Waals surface area contributed by atoms with Gasteiger partial charge in [0.2, 0.25) is 11.7 Å². The lowest BCUT2D eigenvalue weighted by Crippen LogP contribution is -2.11. The van der Waals surface area contributed by atoms with Crippen LogP contribution in [0.2, 0.25) is 0 Å². The zero-order valence-corrected chi connectivity index (χ0v) is 16.8. The molecule has 0 saturated heterocycles. The van der Waals surface area contributed by atoms with Crippen molar-refractivity contribution in [2.45, 2.75) is 29.8 Å². The Morgan fingerprint density at radius 3 is 2.55 bits per heavy atom. The highest BCUT2D eigenvalue weighted by Crippen LogP contribution is 2.38. The fraction of sp³-hybridized carbons (Fsp3) is 0.222. The van der Waals surface area contributed by atoms with Crippen LogP contribution in [0.15, 0.2) is 45.0 Å². The highest BCUT2D eigenvalue weighted by atomic mass is 32.2. The number of alkyl halides is 3. The van der Waals surface area contributed by atoms with Gasteiger partial charge in [0.1, 0.15) is 15.6 Å². The molecule has 11 heteroatoms. The maximum absolute atomic E-state index is 13.2. The topological polar surface area (TPSA) is 73.9 Å². The molecule has 0 radical (unpaired) electrons. The second-order valence-electron chi connectivity index (χ2n) is 5.84. The van der Waals surface area contributed by atoms with Crippen molar-refractivity contribution in [1.82, 2.24) is 20.2 Å².